The number of fused-ring (bicyclic) bond motifs is 10. The molecule has 4 unspecified atom stereocenters. The Morgan fingerprint density at radius 1 is 0.603 bits per heavy atom. The molecule has 0 aromatic heterocycles. The fourth-order valence-corrected chi connectivity index (χ4v) is 19.8. The third kappa shape index (κ3) is 9.40. The highest BCUT2D eigenvalue weighted by atomic mass is 32.2. The first-order valence-electron chi connectivity index (χ1n) is 27.0. The van der Waals surface area contributed by atoms with Gasteiger partial charge in [0.15, 0.2) is 0 Å². The predicted molar refractivity (Wildman–Crippen MR) is 252 cm³/mol. The minimum absolute atomic E-state index is 0.0433. The highest BCUT2D eigenvalue weighted by molar-refractivity contribution is 7.85. The Balaban J connectivity index is 0.825. The lowest BCUT2D eigenvalue weighted by Crippen LogP contribution is -2.58. The standard InChI is InChI=1S/C54H93NO7S/c1-34(41-16-18-44-50-46(23-27-54(41,44)6)52(4)25-21-40(57)32-38(52)33-47(50)58)12-10-8-7-9-11-13-36-30-37-31-39(56)20-24-51(37,3)45-22-26-53(5)42(15-17-43(53)49(36)45)35(2)14-19-48(59)55-28-29-63(60,61)62/h34-47,49-50,56-58H,7-33H2,1-6H3,(H,55,59)(H,60,61,62)/t34-,35-,36+,37?,38?,39-,40-,41-,42-,43?,44?,45+,46+,47+,49+,50+,51+,52+,53-,54-/m1/s1. The molecule has 0 saturated heterocycles. The van der Waals surface area contributed by atoms with Crippen molar-refractivity contribution >= 4 is 16.0 Å². The molecule has 20 atom stereocenters. The SMILES string of the molecule is C[C@H](CCC(=O)NCCS(=O)(=O)O)[C@H]1CCC2[C@@H]3[C@@H](CCCCCCC[C@@H](C)[C@H]4CCC5[C@@H]6[C@@H](O)CC7C[C@H](O)CC[C@]7(C)[C@H]6CC[C@@]54C)CC4C[C@H](O)CC[C@]4(C)[C@H]3CC[C@@]21C. The molecule has 9 heteroatoms. The number of carbonyl (C=O) groups is 1. The molecule has 63 heavy (non-hydrogen) atoms. The summed E-state index contributed by atoms with van der Waals surface area (Å²) >= 11 is 0. The summed E-state index contributed by atoms with van der Waals surface area (Å²) in [6.07, 6.45) is 28.8. The summed E-state index contributed by atoms with van der Waals surface area (Å²) in [6.45, 7) is 15.3. The molecule has 8 aliphatic carbocycles. The second kappa shape index (κ2) is 19.0. The lowest BCUT2D eigenvalue weighted by atomic mass is 9.42. The van der Waals surface area contributed by atoms with Crippen molar-refractivity contribution in [1.29, 1.82) is 0 Å². The first-order chi connectivity index (χ1) is 29.8. The van der Waals surface area contributed by atoms with E-state index in [0.717, 1.165) is 80.5 Å². The van der Waals surface area contributed by atoms with Crippen LogP contribution in [0.15, 0.2) is 0 Å². The van der Waals surface area contributed by atoms with Crippen LogP contribution in [0.3, 0.4) is 0 Å². The van der Waals surface area contributed by atoms with Crippen LogP contribution in [0.4, 0.5) is 0 Å². The van der Waals surface area contributed by atoms with E-state index >= 15 is 0 Å². The van der Waals surface area contributed by atoms with Crippen LogP contribution in [-0.4, -0.2) is 64.8 Å². The summed E-state index contributed by atoms with van der Waals surface area (Å²) < 4.78 is 31.3. The minimum Gasteiger partial charge on any atom is -0.393 e. The average Bonchev–Trinajstić information content (AvgIpc) is 3.77. The molecule has 0 spiro atoms. The van der Waals surface area contributed by atoms with Gasteiger partial charge >= 0.3 is 0 Å². The number of hydrogen-bond acceptors (Lipinski definition) is 6. The fraction of sp³-hybridized carbons (Fsp3) is 0.981. The molecule has 0 aromatic rings. The fourth-order valence-electron chi connectivity index (χ4n) is 19.4. The zero-order valence-electron chi connectivity index (χ0n) is 40.8. The van der Waals surface area contributed by atoms with Crippen molar-refractivity contribution in [1.82, 2.24) is 5.32 Å². The van der Waals surface area contributed by atoms with Crippen molar-refractivity contribution in [2.45, 2.75) is 220 Å². The summed E-state index contributed by atoms with van der Waals surface area (Å²) in [5, 5.41) is 35.8. The Bertz CT molecular complexity index is 1690. The van der Waals surface area contributed by atoms with E-state index in [-0.39, 0.29) is 30.8 Å². The molecule has 0 bridgehead atoms. The summed E-state index contributed by atoms with van der Waals surface area (Å²) in [7, 11) is -4.08. The number of nitrogens with one attached hydrogen (secondary N) is 1. The second-order valence-corrected chi connectivity index (χ2v) is 27.1. The Morgan fingerprint density at radius 2 is 1.10 bits per heavy atom. The van der Waals surface area contributed by atoms with Crippen molar-refractivity contribution in [2.75, 3.05) is 12.3 Å². The summed E-state index contributed by atoms with van der Waals surface area (Å²) in [6, 6.07) is 0. The normalized spacial score (nSPS) is 47.8. The van der Waals surface area contributed by atoms with Gasteiger partial charge in [-0.2, -0.15) is 8.42 Å². The third-order valence-corrected chi connectivity index (χ3v) is 23.5. The van der Waals surface area contributed by atoms with Crippen molar-refractivity contribution < 1.29 is 33.1 Å². The number of carbonyl (C=O) groups excluding carboxylic acids is 1. The highest BCUT2D eigenvalue weighted by Crippen LogP contribution is 2.71. The maximum Gasteiger partial charge on any atom is 0.266 e. The van der Waals surface area contributed by atoms with Crippen LogP contribution in [0, 0.1) is 98.6 Å². The van der Waals surface area contributed by atoms with E-state index in [1.165, 1.54) is 109 Å². The van der Waals surface area contributed by atoms with Gasteiger partial charge in [0.1, 0.15) is 0 Å². The maximum absolute atomic E-state index is 12.6. The van der Waals surface area contributed by atoms with E-state index in [1.54, 1.807) is 0 Å². The van der Waals surface area contributed by atoms with Crippen molar-refractivity contribution in [3.05, 3.63) is 0 Å². The predicted octanol–water partition coefficient (Wildman–Crippen LogP) is 11.0. The lowest BCUT2D eigenvalue weighted by Gasteiger charge is -2.63. The zero-order chi connectivity index (χ0) is 45.1. The van der Waals surface area contributed by atoms with E-state index in [4.69, 9.17) is 4.55 Å². The quantitative estimate of drug-likeness (QED) is 0.0766. The van der Waals surface area contributed by atoms with Crippen molar-refractivity contribution in [2.24, 2.45) is 98.6 Å². The minimum atomic E-state index is -4.08. The van der Waals surface area contributed by atoms with Gasteiger partial charge in [0.05, 0.1) is 24.1 Å². The topological polar surface area (TPSA) is 144 Å². The molecule has 0 radical (unpaired) electrons. The van der Waals surface area contributed by atoms with Crippen LogP contribution in [-0.2, 0) is 14.9 Å². The summed E-state index contributed by atoms with van der Waals surface area (Å²) in [4.78, 5) is 12.6. The number of aliphatic hydroxyl groups excluding tert-OH is 3. The van der Waals surface area contributed by atoms with E-state index in [0.29, 0.717) is 69.5 Å². The van der Waals surface area contributed by atoms with Crippen LogP contribution < -0.4 is 5.32 Å². The Morgan fingerprint density at radius 3 is 1.70 bits per heavy atom. The van der Waals surface area contributed by atoms with Crippen LogP contribution in [0.2, 0.25) is 0 Å². The monoisotopic (exact) mass is 900 g/mol. The van der Waals surface area contributed by atoms with Gasteiger partial charge in [-0.05, 0) is 208 Å². The van der Waals surface area contributed by atoms with Crippen LogP contribution in [0.1, 0.15) is 202 Å². The van der Waals surface area contributed by atoms with Gasteiger partial charge in [-0.1, -0.05) is 86.5 Å². The average molecular weight is 900 g/mol. The highest BCUT2D eigenvalue weighted by Gasteiger charge is 2.64. The first-order valence-corrected chi connectivity index (χ1v) is 28.7. The van der Waals surface area contributed by atoms with Gasteiger partial charge in [0, 0.05) is 13.0 Å². The van der Waals surface area contributed by atoms with E-state index in [9.17, 15) is 28.5 Å². The summed E-state index contributed by atoms with van der Waals surface area (Å²) in [5.74, 6) is 7.87. The molecule has 0 aromatic carbocycles. The van der Waals surface area contributed by atoms with E-state index in [2.05, 4.69) is 46.9 Å². The number of amides is 1. The molecule has 8 saturated carbocycles. The van der Waals surface area contributed by atoms with Gasteiger partial charge < -0.3 is 20.6 Å². The number of hydrogen-bond donors (Lipinski definition) is 5. The zero-order valence-corrected chi connectivity index (χ0v) is 41.6. The maximum atomic E-state index is 12.6. The number of rotatable bonds is 16. The molecular formula is C54H93NO7S. The lowest BCUT2D eigenvalue weighted by molar-refractivity contribution is -0.174. The van der Waals surface area contributed by atoms with Crippen LogP contribution >= 0.6 is 0 Å². The molecule has 8 fully saturated rings. The van der Waals surface area contributed by atoms with E-state index in [1.807, 2.05) is 0 Å². The molecule has 8 aliphatic rings. The van der Waals surface area contributed by atoms with Crippen LogP contribution in [0.5, 0.6) is 0 Å². The third-order valence-electron chi connectivity index (χ3n) is 22.7. The largest absolute Gasteiger partial charge is 0.393 e. The summed E-state index contributed by atoms with van der Waals surface area (Å²) in [5.41, 5.74) is 1.29. The molecule has 5 N–H and O–H groups in total. The van der Waals surface area contributed by atoms with Crippen molar-refractivity contribution in [3.63, 3.8) is 0 Å². The van der Waals surface area contributed by atoms with Gasteiger partial charge in [-0.3, -0.25) is 9.35 Å². The number of unbranched alkanes of at least 4 members (excludes halogenated alkanes) is 4. The van der Waals surface area contributed by atoms with Gasteiger partial charge in [0.25, 0.3) is 10.1 Å². The molecule has 0 heterocycles. The second-order valence-electron chi connectivity index (χ2n) is 25.6. The Kier molecular flexibility index (Phi) is 14.7. The molecular weight excluding hydrogens is 807 g/mol. The van der Waals surface area contributed by atoms with Gasteiger partial charge in [-0.15, -0.1) is 0 Å². The van der Waals surface area contributed by atoms with E-state index < -0.39 is 15.9 Å². The molecule has 8 nitrogen and oxygen atoms in total. The first kappa shape index (κ1) is 48.7. The molecule has 362 valence electrons. The molecule has 8 rings (SSSR count). The Hall–Kier alpha value is -0.740. The Labute approximate surface area is 384 Å². The van der Waals surface area contributed by atoms with Gasteiger partial charge in [0.2, 0.25) is 5.91 Å². The van der Waals surface area contributed by atoms with Crippen molar-refractivity contribution in [3.8, 4) is 0 Å². The number of aliphatic hydroxyl groups is 3. The molecule has 1 amide bonds. The van der Waals surface area contributed by atoms with Crippen LogP contribution in [0.25, 0.3) is 0 Å². The smallest absolute Gasteiger partial charge is 0.266 e. The molecule has 0 aliphatic heterocycles. The van der Waals surface area contributed by atoms with Gasteiger partial charge in [-0.25, -0.2) is 0 Å².